The Morgan fingerprint density at radius 3 is 2.56 bits per heavy atom. The molecule has 0 bridgehead atoms. The molecule has 0 atom stereocenters. The molecule has 0 unspecified atom stereocenters. The van der Waals surface area contributed by atoms with Crippen molar-refractivity contribution in [1.29, 1.82) is 0 Å². The summed E-state index contributed by atoms with van der Waals surface area (Å²) in [5.41, 5.74) is 0. The van der Waals surface area contributed by atoms with Gasteiger partial charge in [0.15, 0.2) is 6.29 Å². The number of hydrogen-bond acceptors (Lipinski definition) is 2. The van der Waals surface area contributed by atoms with Crippen molar-refractivity contribution in [2.75, 3.05) is 13.2 Å². The molecule has 0 N–H and O–H groups in total. The van der Waals surface area contributed by atoms with Gasteiger partial charge < -0.3 is 9.47 Å². The molecule has 50 valence electrons. The molecule has 2 radical (unpaired) electrons. The van der Waals surface area contributed by atoms with Gasteiger partial charge in [-0.1, -0.05) is 6.32 Å². The van der Waals surface area contributed by atoms with Gasteiger partial charge in [-0.3, -0.25) is 0 Å². The third-order valence-corrected chi connectivity index (χ3v) is 1.30. The van der Waals surface area contributed by atoms with Gasteiger partial charge in [0.2, 0.25) is 0 Å². The molecule has 2 nitrogen and oxygen atoms in total. The van der Waals surface area contributed by atoms with Crippen molar-refractivity contribution in [3.05, 3.63) is 0 Å². The van der Waals surface area contributed by atoms with Crippen LogP contribution < -0.4 is 0 Å². The van der Waals surface area contributed by atoms with E-state index in [1.807, 2.05) is 0 Å². The summed E-state index contributed by atoms with van der Waals surface area (Å²) in [4.78, 5) is 0. The normalized spacial score (nSPS) is 22.2. The van der Waals surface area contributed by atoms with E-state index in [-0.39, 0.29) is 6.29 Å². The lowest BCUT2D eigenvalue weighted by Crippen LogP contribution is -2.24. The quantitative estimate of drug-likeness (QED) is 0.507. The van der Waals surface area contributed by atoms with Gasteiger partial charge in [-0.15, -0.1) is 0 Å². The topological polar surface area (TPSA) is 18.5 Å². The molecule has 1 heterocycles. The van der Waals surface area contributed by atoms with Crippen LogP contribution in [0.3, 0.4) is 0 Å². The summed E-state index contributed by atoms with van der Waals surface area (Å²) in [6.07, 6.45) is 2.45. The molecule has 1 fully saturated rings. The van der Waals surface area contributed by atoms with E-state index in [2.05, 4.69) is 0 Å². The first kappa shape index (κ1) is 7.10. The molecule has 9 heavy (non-hydrogen) atoms. The van der Waals surface area contributed by atoms with Crippen molar-refractivity contribution < 1.29 is 9.47 Å². The highest BCUT2D eigenvalue weighted by Gasteiger charge is 2.11. The van der Waals surface area contributed by atoms with Crippen molar-refractivity contribution >= 4 is 7.85 Å². The van der Waals surface area contributed by atoms with E-state index >= 15 is 0 Å². The minimum atomic E-state index is -0.0243. The van der Waals surface area contributed by atoms with Crippen LogP contribution in [0, 0.1) is 0 Å². The summed E-state index contributed by atoms with van der Waals surface area (Å²) < 4.78 is 10.4. The lowest BCUT2D eigenvalue weighted by molar-refractivity contribution is -0.178. The second-order valence-corrected chi connectivity index (χ2v) is 2.10. The summed E-state index contributed by atoms with van der Waals surface area (Å²) >= 11 is 0. The summed E-state index contributed by atoms with van der Waals surface area (Å²) in [7, 11) is 5.30. The average molecular weight is 126 g/mol. The molecule has 0 aliphatic carbocycles. The Kier molecular flexibility index (Phi) is 3.08. The third-order valence-electron chi connectivity index (χ3n) is 1.30. The molecule has 0 aromatic carbocycles. The molecule has 1 aliphatic rings. The van der Waals surface area contributed by atoms with Gasteiger partial charge in [-0.2, -0.15) is 0 Å². The van der Waals surface area contributed by atoms with Gasteiger partial charge >= 0.3 is 0 Å². The van der Waals surface area contributed by atoms with Gasteiger partial charge in [0.1, 0.15) is 0 Å². The highest BCUT2D eigenvalue weighted by molar-refractivity contribution is 6.08. The number of rotatable bonds is 2. The summed E-state index contributed by atoms with van der Waals surface area (Å²) in [5, 5.41) is 0. The maximum Gasteiger partial charge on any atom is 0.156 e. The summed E-state index contributed by atoms with van der Waals surface area (Å²) in [6.45, 7) is 1.65. The zero-order valence-electron chi connectivity index (χ0n) is 5.51. The summed E-state index contributed by atoms with van der Waals surface area (Å²) in [6, 6.07) is 0. The molecule has 1 saturated heterocycles. The maximum atomic E-state index is 5.30. The fraction of sp³-hybridized carbons (Fsp3) is 1.00. The van der Waals surface area contributed by atoms with Crippen LogP contribution in [0.4, 0.5) is 0 Å². The molecular formula is C6H11BO2. The fourth-order valence-corrected chi connectivity index (χ4v) is 0.839. The van der Waals surface area contributed by atoms with Crippen LogP contribution in [0.2, 0.25) is 6.32 Å². The van der Waals surface area contributed by atoms with Crippen LogP contribution >= 0.6 is 0 Å². The lowest BCUT2D eigenvalue weighted by Gasteiger charge is -2.22. The Bertz CT molecular complexity index is 68.7. The highest BCUT2D eigenvalue weighted by atomic mass is 16.7. The second kappa shape index (κ2) is 3.91. The predicted octanol–water partition coefficient (Wildman–Crippen LogP) is 0.726. The van der Waals surface area contributed by atoms with Gasteiger partial charge in [-0.05, 0) is 12.8 Å². The van der Waals surface area contributed by atoms with Crippen LogP contribution in [-0.4, -0.2) is 27.4 Å². The van der Waals surface area contributed by atoms with E-state index in [1.165, 1.54) is 0 Å². The Morgan fingerprint density at radius 1 is 1.33 bits per heavy atom. The van der Waals surface area contributed by atoms with Crippen molar-refractivity contribution in [2.24, 2.45) is 0 Å². The summed E-state index contributed by atoms with van der Waals surface area (Å²) in [5.74, 6) is 0. The van der Waals surface area contributed by atoms with Gasteiger partial charge in [0.05, 0.1) is 21.1 Å². The molecule has 1 aliphatic heterocycles. The standard InChI is InChI=1S/C6H11BO2/c7-3-2-6-8-4-1-5-9-6/h6H,1-5H2. The van der Waals surface area contributed by atoms with E-state index in [0.29, 0.717) is 6.32 Å². The molecule has 0 saturated carbocycles. The maximum absolute atomic E-state index is 5.30. The van der Waals surface area contributed by atoms with E-state index in [9.17, 15) is 0 Å². The molecule has 0 aromatic heterocycles. The Hall–Kier alpha value is -0.0151. The van der Waals surface area contributed by atoms with Crippen LogP contribution in [-0.2, 0) is 9.47 Å². The first-order valence-corrected chi connectivity index (χ1v) is 3.37. The zero-order chi connectivity index (χ0) is 6.53. The minimum Gasteiger partial charge on any atom is -0.353 e. The van der Waals surface area contributed by atoms with E-state index in [0.717, 1.165) is 26.1 Å². The van der Waals surface area contributed by atoms with E-state index in [1.54, 1.807) is 0 Å². The first-order valence-electron chi connectivity index (χ1n) is 3.37. The van der Waals surface area contributed by atoms with Gasteiger partial charge in [0, 0.05) is 0 Å². The van der Waals surface area contributed by atoms with Crippen molar-refractivity contribution in [3.63, 3.8) is 0 Å². The van der Waals surface area contributed by atoms with Crippen LogP contribution in [0.25, 0.3) is 0 Å². The molecular weight excluding hydrogens is 115 g/mol. The largest absolute Gasteiger partial charge is 0.353 e. The van der Waals surface area contributed by atoms with Crippen LogP contribution in [0.1, 0.15) is 12.8 Å². The molecule has 0 amide bonds. The predicted molar refractivity (Wildman–Crippen MR) is 35.5 cm³/mol. The Labute approximate surface area is 56.9 Å². The molecule has 0 spiro atoms. The SMILES string of the molecule is [B]CCC1OCCCO1. The smallest absolute Gasteiger partial charge is 0.156 e. The van der Waals surface area contributed by atoms with Gasteiger partial charge in [-0.25, -0.2) is 0 Å². The van der Waals surface area contributed by atoms with E-state index < -0.39 is 0 Å². The highest BCUT2D eigenvalue weighted by Crippen LogP contribution is 2.08. The first-order chi connectivity index (χ1) is 4.43. The Morgan fingerprint density at radius 2 is 2.00 bits per heavy atom. The molecule has 0 aromatic rings. The van der Waals surface area contributed by atoms with Crippen molar-refractivity contribution in [2.45, 2.75) is 25.5 Å². The van der Waals surface area contributed by atoms with Crippen molar-refractivity contribution in [1.82, 2.24) is 0 Å². The van der Waals surface area contributed by atoms with Gasteiger partial charge in [0.25, 0.3) is 0 Å². The van der Waals surface area contributed by atoms with Crippen LogP contribution in [0.5, 0.6) is 0 Å². The van der Waals surface area contributed by atoms with Crippen molar-refractivity contribution in [3.8, 4) is 0 Å². The second-order valence-electron chi connectivity index (χ2n) is 2.10. The molecule has 1 rings (SSSR count). The zero-order valence-corrected chi connectivity index (χ0v) is 5.51. The number of hydrogen-bond donors (Lipinski definition) is 0. The fourth-order valence-electron chi connectivity index (χ4n) is 0.839. The molecule has 3 heteroatoms. The average Bonchev–Trinajstić information content (AvgIpc) is 1.91. The lowest BCUT2D eigenvalue weighted by atomic mass is 10.0. The number of ether oxygens (including phenoxy) is 2. The Balaban J connectivity index is 2.08. The third kappa shape index (κ3) is 2.37. The van der Waals surface area contributed by atoms with Crippen LogP contribution in [0.15, 0.2) is 0 Å². The monoisotopic (exact) mass is 126 g/mol. The minimum absolute atomic E-state index is 0.0243. The van der Waals surface area contributed by atoms with E-state index in [4.69, 9.17) is 17.3 Å².